The first-order valence-electron chi connectivity index (χ1n) is 4.27. The molecule has 0 saturated heterocycles. The molecule has 0 aliphatic rings. The van der Waals surface area contributed by atoms with Crippen molar-refractivity contribution < 1.29 is 9.53 Å². The Labute approximate surface area is 74.6 Å². The number of hydrogen-bond acceptors (Lipinski definition) is 2. The Bertz CT molecular complexity index is 171. The molecule has 0 N–H and O–H groups in total. The summed E-state index contributed by atoms with van der Waals surface area (Å²) in [5.41, 5.74) is -0.378. The Morgan fingerprint density at radius 1 is 1.67 bits per heavy atom. The van der Waals surface area contributed by atoms with Crippen LogP contribution in [0.1, 0.15) is 34.1 Å². The van der Waals surface area contributed by atoms with Gasteiger partial charge in [0.05, 0.1) is 5.41 Å². The monoisotopic (exact) mass is 170 g/mol. The van der Waals surface area contributed by atoms with Crippen LogP contribution < -0.4 is 0 Å². The lowest BCUT2D eigenvalue weighted by molar-refractivity contribution is -0.156. The van der Waals surface area contributed by atoms with E-state index in [0.717, 1.165) is 6.42 Å². The molecule has 0 spiro atoms. The summed E-state index contributed by atoms with van der Waals surface area (Å²) < 4.78 is 5.10. The maximum atomic E-state index is 11.4. The second-order valence-electron chi connectivity index (χ2n) is 3.58. The molecule has 0 aromatic carbocycles. The normalized spacial score (nSPS) is 13.7. The molecule has 70 valence electrons. The van der Waals surface area contributed by atoms with Crippen LogP contribution in [0.5, 0.6) is 0 Å². The summed E-state index contributed by atoms with van der Waals surface area (Å²) in [4.78, 5) is 11.4. The van der Waals surface area contributed by atoms with Crippen LogP contribution in [0.4, 0.5) is 0 Å². The number of ether oxygens (including phenoxy) is 1. The molecule has 2 nitrogen and oxygen atoms in total. The number of carbonyl (C=O) groups is 1. The summed E-state index contributed by atoms with van der Waals surface area (Å²) in [6.45, 7) is 11.1. The van der Waals surface area contributed by atoms with Crippen LogP contribution in [-0.4, -0.2) is 12.1 Å². The Hall–Kier alpha value is -0.790. The minimum absolute atomic E-state index is 0.155. The average Bonchev–Trinajstić information content (AvgIpc) is 2.04. The third kappa shape index (κ3) is 3.07. The third-order valence-corrected chi connectivity index (χ3v) is 2.06. The SMILES string of the molecule is C=CC(C)OC(=O)C(C)(C)CC. The fraction of sp³-hybridized carbons (Fsp3) is 0.700. The van der Waals surface area contributed by atoms with E-state index in [9.17, 15) is 4.79 Å². The fourth-order valence-corrected chi connectivity index (χ4v) is 0.521. The van der Waals surface area contributed by atoms with Gasteiger partial charge in [0.25, 0.3) is 0 Å². The summed E-state index contributed by atoms with van der Waals surface area (Å²) in [6, 6.07) is 0. The molecule has 0 aromatic rings. The number of rotatable bonds is 4. The van der Waals surface area contributed by atoms with E-state index in [1.54, 1.807) is 13.0 Å². The van der Waals surface area contributed by atoms with E-state index in [-0.39, 0.29) is 17.5 Å². The van der Waals surface area contributed by atoms with Gasteiger partial charge in [0, 0.05) is 0 Å². The standard InChI is InChI=1S/C10H18O2/c1-6-8(3)12-9(11)10(4,5)7-2/h6,8H,1,7H2,2-5H3. The van der Waals surface area contributed by atoms with Gasteiger partial charge in [-0.3, -0.25) is 4.79 Å². The Morgan fingerprint density at radius 2 is 2.17 bits per heavy atom. The van der Waals surface area contributed by atoms with Crippen molar-refractivity contribution in [1.29, 1.82) is 0 Å². The molecule has 0 aliphatic heterocycles. The fourth-order valence-electron chi connectivity index (χ4n) is 0.521. The zero-order valence-electron chi connectivity index (χ0n) is 8.39. The van der Waals surface area contributed by atoms with E-state index >= 15 is 0 Å². The highest BCUT2D eigenvalue weighted by Gasteiger charge is 2.27. The van der Waals surface area contributed by atoms with Crippen molar-refractivity contribution in [1.82, 2.24) is 0 Å². The van der Waals surface area contributed by atoms with Gasteiger partial charge < -0.3 is 4.74 Å². The molecule has 0 aromatic heterocycles. The predicted molar refractivity (Wildman–Crippen MR) is 49.8 cm³/mol. The molecule has 0 radical (unpaired) electrons. The summed E-state index contributed by atoms with van der Waals surface area (Å²) >= 11 is 0. The molecular weight excluding hydrogens is 152 g/mol. The van der Waals surface area contributed by atoms with Crippen molar-refractivity contribution in [3.8, 4) is 0 Å². The molecule has 12 heavy (non-hydrogen) atoms. The lowest BCUT2D eigenvalue weighted by Gasteiger charge is -2.22. The second-order valence-corrected chi connectivity index (χ2v) is 3.58. The Morgan fingerprint density at radius 3 is 2.50 bits per heavy atom. The molecule has 2 heteroatoms. The summed E-state index contributed by atoms with van der Waals surface area (Å²) in [6.07, 6.45) is 2.21. The van der Waals surface area contributed by atoms with Gasteiger partial charge in [-0.15, -0.1) is 0 Å². The maximum Gasteiger partial charge on any atom is 0.312 e. The van der Waals surface area contributed by atoms with Crippen molar-refractivity contribution in [2.45, 2.75) is 40.2 Å². The van der Waals surface area contributed by atoms with E-state index < -0.39 is 0 Å². The molecule has 0 aliphatic carbocycles. The van der Waals surface area contributed by atoms with Crippen molar-refractivity contribution in [3.63, 3.8) is 0 Å². The predicted octanol–water partition coefficient (Wildman–Crippen LogP) is 2.54. The molecular formula is C10H18O2. The Kier molecular flexibility index (Phi) is 4.01. The number of esters is 1. The minimum Gasteiger partial charge on any atom is -0.458 e. The molecule has 0 rings (SSSR count). The van der Waals surface area contributed by atoms with Crippen LogP contribution in [0.15, 0.2) is 12.7 Å². The number of carbonyl (C=O) groups excluding carboxylic acids is 1. The lowest BCUT2D eigenvalue weighted by atomic mass is 9.91. The van der Waals surface area contributed by atoms with Gasteiger partial charge in [-0.05, 0) is 27.2 Å². The molecule has 0 fully saturated rings. The van der Waals surface area contributed by atoms with E-state index in [1.807, 2.05) is 20.8 Å². The summed E-state index contributed by atoms with van der Waals surface area (Å²) in [7, 11) is 0. The average molecular weight is 170 g/mol. The van der Waals surface area contributed by atoms with Crippen LogP contribution in [0.25, 0.3) is 0 Å². The van der Waals surface area contributed by atoms with Crippen LogP contribution in [-0.2, 0) is 9.53 Å². The summed E-state index contributed by atoms with van der Waals surface area (Å²) in [5, 5.41) is 0. The highest BCUT2D eigenvalue weighted by Crippen LogP contribution is 2.22. The van der Waals surface area contributed by atoms with Crippen LogP contribution >= 0.6 is 0 Å². The van der Waals surface area contributed by atoms with Crippen molar-refractivity contribution in [3.05, 3.63) is 12.7 Å². The number of hydrogen-bond donors (Lipinski definition) is 0. The first-order valence-corrected chi connectivity index (χ1v) is 4.27. The Balaban J connectivity index is 4.12. The quantitative estimate of drug-likeness (QED) is 0.478. The van der Waals surface area contributed by atoms with Crippen molar-refractivity contribution >= 4 is 5.97 Å². The first-order chi connectivity index (χ1) is 5.44. The van der Waals surface area contributed by atoms with Crippen LogP contribution in [0, 0.1) is 5.41 Å². The molecule has 1 atom stereocenters. The van der Waals surface area contributed by atoms with Gasteiger partial charge in [0.1, 0.15) is 6.10 Å². The molecule has 0 heterocycles. The topological polar surface area (TPSA) is 26.3 Å². The van der Waals surface area contributed by atoms with Gasteiger partial charge >= 0.3 is 5.97 Å². The van der Waals surface area contributed by atoms with E-state index in [0.29, 0.717) is 0 Å². The highest BCUT2D eigenvalue weighted by atomic mass is 16.5. The minimum atomic E-state index is -0.378. The van der Waals surface area contributed by atoms with Crippen molar-refractivity contribution in [2.24, 2.45) is 5.41 Å². The lowest BCUT2D eigenvalue weighted by Crippen LogP contribution is -2.28. The smallest absolute Gasteiger partial charge is 0.312 e. The zero-order chi connectivity index (χ0) is 9.78. The van der Waals surface area contributed by atoms with Gasteiger partial charge in [0.15, 0.2) is 0 Å². The summed E-state index contributed by atoms with van der Waals surface area (Å²) in [5.74, 6) is -0.155. The van der Waals surface area contributed by atoms with Gasteiger partial charge in [-0.2, -0.15) is 0 Å². The largest absolute Gasteiger partial charge is 0.458 e. The van der Waals surface area contributed by atoms with Crippen LogP contribution in [0.2, 0.25) is 0 Å². The first kappa shape index (κ1) is 11.2. The van der Waals surface area contributed by atoms with E-state index in [4.69, 9.17) is 4.74 Å². The van der Waals surface area contributed by atoms with Gasteiger partial charge in [-0.1, -0.05) is 19.6 Å². The molecule has 1 unspecified atom stereocenters. The van der Waals surface area contributed by atoms with Gasteiger partial charge in [0.2, 0.25) is 0 Å². The van der Waals surface area contributed by atoms with Gasteiger partial charge in [-0.25, -0.2) is 0 Å². The molecule has 0 saturated carbocycles. The van der Waals surface area contributed by atoms with Crippen molar-refractivity contribution in [2.75, 3.05) is 0 Å². The molecule has 0 amide bonds. The zero-order valence-corrected chi connectivity index (χ0v) is 8.39. The maximum absolute atomic E-state index is 11.4. The second kappa shape index (κ2) is 4.29. The highest BCUT2D eigenvalue weighted by molar-refractivity contribution is 5.76. The van der Waals surface area contributed by atoms with Crippen LogP contribution in [0.3, 0.4) is 0 Å². The third-order valence-electron chi connectivity index (χ3n) is 2.06. The molecule has 0 bridgehead atoms. The van der Waals surface area contributed by atoms with E-state index in [1.165, 1.54) is 0 Å². The van der Waals surface area contributed by atoms with E-state index in [2.05, 4.69) is 6.58 Å².